The van der Waals surface area contributed by atoms with E-state index in [1.54, 1.807) is 12.4 Å². The molecular weight excluding hydrogens is 271 g/mol. The van der Waals surface area contributed by atoms with Crippen LogP contribution in [0.5, 0.6) is 5.75 Å². The van der Waals surface area contributed by atoms with Crippen molar-refractivity contribution in [1.29, 1.82) is 0 Å². The van der Waals surface area contributed by atoms with Crippen LogP contribution in [0, 0.1) is 12.7 Å². The first-order chi connectivity index (χ1) is 9.56. The Hall–Kier alpha value is -2.31. The van der Waals surface area contributed by atoms with Crippen LogP contribution in [0.4, 0.5) is 19.1 Å². The molecule has 7 heteroatoms. The number of nitrogens with zero attached hydrogens (tertiary/aromatic N) is 2. The Bertz CT molecular complexity index is 576. The Morgan fingerprint density at radius 1 is 1.25 bits per heavy atom. The van der Waals surface area contributed by atoms with E-state index < -0.39 is 12.4 Å². The summed E-state index contributed by atoms with van der Waals surface area (Å²) < 4.78 is 42.4. The van der Waals surface area contributed by atoms with Gasteiger partial charge in [-0.1, -0.05) is 6.07 Å². The Kier molecular flexibility index (Phi) is 4.39. The normalized spacial score (nSPS) is 10.7. The maximum Gasteiger partial charge on any atom is 0.387 e. The number of halogens is 3. The smallest absolute Gasteiger partial charge is 0.387 e. The average molecular weight is 283 g/mol. The fourth-order valence-corrected chi connectivity index (χ4v) is 1.57. The second kappa shape index (κ2) is 6.23. The van der Waals surface area contributed by atoms with Crippen molar-refractivity contribution in [3.63, 3.8) is 0 Å². The third-order valence-electron chi connectivity index (χ3n) is 2.50. The summed E-state index contributed by atoms with van der Waals surface area (Å²) in [6.07, 6.45) is 3.18. The van der Waals surface area contributed by atoms with Crippen molar-refractivity contribution >= 4 is 5.95 Å². The Morgan fingerprint density at radius 2 is 1.95 bits per heavy atom. The van der Waals surface area contributed by atoms with Crippen molar-refractivity contribution in [2.24, 2.45) is 0 Å². The predicted octanol–water partition coefficient (Wildman–Crippen LogP) is 3.14. The highest BCUT2D eigenvalue weighted by atomic mass is 19.3. The van der Waals surface area contributed by atoms with E-state index in [-0.39, 0.29) is 23.8 Å². The molecule has 0 saturated heterocycles. The van der Waals surface area contributed by atoms with Crippen LogP contribution < -0.4 is 10.1 Å². The number of aromatic nitrogens is 2. The molecule has 0 saturated carbocycles. The summed E-state index contributed by atoms with van der Waals surface area (Å²) in [6, 6.07) is 3.76. The molecule has 2 aromatic rings. The Balaban J connectivity index is 2.13. The molecule has 0 amide bonds. The lowest BCUT2D eigenvalue weighted by molar-refractivity contribution is -0.0505. The number of hydrogen-bond acceptors (Lipinski definition) is 4. The molecule has 1 aromatic carbocycles. The van der Waals surface area contributed by atoms with Gasteiger partial charge in [0, 0.05) is 24.5 Å². The quantitative estimate of drug-likeness (QED) is 0.915. The van der Waals surface area contributed by atoms with Crippen LogP contribution in [0.3, 0.4) is 0 Å². The number of anilines is 1. The van der Waals surface area contributed by atoms with Crippen molar-refractivity contribution in [2.75, 3.05) is 5.32 Å². The van der Waals surface area contributed by atoms with E-state index in [0.717, 1.165) is 5.56 Å². The minimum atomic E-state index is -3.01. The molecule has 1 aromatic heterocycles. The maximum absolute atomic E-state index is 13.7. The summed E-state index contributed by atoms with van der Waals surface area (Å²) in [7, 11) is 0. The number of nitrogens with one attached hydrogen (secondary N) is 1. The van der Waals surface area contributed by atoms with Gasteiger partial charge in [0.25, 0.3) is 0 Å². The van der Waals surface area contributed by atoms with Gasteiger partial charge in [-0.3, -0.25) is 0 Å². The Morgan fingerprint density at radius 3 is 2.60 bits per heavy atom. The van der Waals surface area contributed by atoms with Gasteiger partial charge in [0.1, 0.15) is 11.6 Å². The molecule has 0 bridgehead atoms. The zero-order chi connectivity index (χ0) is 14.5. The van der Waals surface area contributed by atoms with Crippen LogP contribution in [0.15, 0.2) is 30.6 Å². The second-order valence-electron chi connectivity index (χ2n) is 4.03. The summed E-state index contributed by atoms with van der Waals surface area (Å²) in [5.41, 5.74) is 0.875. The van der Waals surface area contributed by atoms with Crippen LogP contribution in [-0.2, 0) is 6.54 Å². The molecule has 0 radical (unpaired) electrons. The Labute approximate surface area is 113 Å². The largest absolute Gasteiger partial charge is 0.434 e. The molecule has 0 aliphatic rings. The second-order valence-corrected chi connectivity index (χ2v) is 4.03. The summed E-state index contributed by atoms with van der Waals surface area (Å²) in [5.74, 6) is -0.566. The van der Waals surface area contributed by atoms with Gasteiger partial charge in [0.2, 0.25) is 5.95 Å². The van der Waals surface area contributed by atoms with Gasteiger partial charge in [-0.15, -0.1) is 0 Å². The minimum Gasteiger partial charge on any atom is -0.434 e. The first-order valence-electron chi connectivity index (χ1n) is 5.81. The van der Waals surface area contributed by atoms with Gasteiger partial charge in [0.05, 0.1) is 0 Å². The number of benzene rings is 1. The molecule has 0 aliphatic heterocycles. The third kappa shape index (κ3) is 3.59. The molecule has 20 heavy (non-hydrogen) atoms. The van der Waals surface area contributed by atoms with Crippen molar-refractivity contribution in [3.8, 4) is 5.75 Å². The van der Waals surface area contributed by atoms with Gasteiger partial charge >= 0.3 is 6.61 Å². The molecule has 1 N–H and O–H groups in total. The molecule has 1 heterocycles. The van der Waals surface area contributed by atoms with Crippen molar-refractivity contribution in [2.45, 2.75) is 20.1 Å². The number of ether oxygens (including phenoxy) is 1. The van der Waals surface area contributed by atoms with Crippen molar-refractivity contribution in [1.82, 2.24) is 9.97 Å². The average Bonchev–Trinajstić information content (AvgIpc) is 2.39. The first-order valence-corrected chi connectivity index (χ1v) is 5.81. The summed E-state index contributed by atoms with van der Waals surface area (Å²) in [6.45, 7) is -1.24. The fraction of sp³-hybridized carbons (Fsp3) is 0.231. The monoisotopic (exact) mass is 283 g/mol. The molecule has 0 fully saturated rings. The highest BCUT2D eigenvalue weighted by Gasteiger charge is 2.13. The van der Waals surface area contributed by atoms with Crippen LogP contribution in [0.25, 0.3) is 0 Å². The summed E-state index contributed by atoms with van der Waals surface area (Å²) in [5, 5.41) is 2.76. The van der Waals surface area contributed by atoms with Crippen LogP contribution in [0.2, 0.25) is 0 Å². The molecule has 2 rings (SSSR count). The van der Waals surface area contributed by atoms with Gasteiger partial charge in [-0.25, -0.2) is 14.4 Å². The van der Waals surface area contributed by atoms with E-state index in [1.807, 2.05) is 6.92 Å². The zero-order valence-corrected chi connectivity index (χ0v) is 10.6. The molecule has 0 unspecified atom stereocenters. The van der Waals surface area contributed by atoms with Crippen LogP contribution in [0.1, 0.15) is 11.1 Å². The highest BCUT2D eigenvalue weighted by molar-refractivity contribution is 5.38. The molecule has 0 spiro atoms. The first kappa shape index (κ1) is 14.1. The van der Waals surface area contributed by atoms with Gasteiger partial charge in [-0.05, 0) is 24.6 Å². The van der Waals surface area contributed by atoms with E-state index >= 15 is 0 Å². The SMILES string of the molecule is Cc1cnc(NCc2c(F)cccc2OC(F)F)nc1. The van der Waals surface area contributed by atoms with Gasteiger partial charge in [-0.2, -0.15) is 8.78 Å². The van der Waals surface area contributed by atoms with E-state index in [4.69, 9.17) is 0 Å². The van der Waals surface area contributed by atoms with Crippen LogP contribution in [-0.4, -0.2) is 16.6 Å². The summed E-state index contributed by atoms with van der Waals surface area (Å²) in [4.78, 5) is 7.96. The number of aryl methyl sites for hydroxylation is 1. The zero-order valence-electron chi connectivity index (χ0n) is 10.6. The molecular formula is C13H12F3N3O. The van der Waals surface area contributed by atoms with Gasteiger partial charge < -0.3 is 10.1 Å². The van der Waals surface area contributed by atoms with E-state index in [0.29, 0.717) is 0 Å². The third-order valence-corrected chi connectivity index (χ3v) is 2.50. The van der Waals surface area contributed by atoms with Gasteiger partial charge in [0.15, 0.2) is 0 Å². The lowest BCUT2D eigenvalue weighted by Gasteiger charge is -2.12. The van der Waals surface area contributed by atoms with E-state index in [2.05, 4.69) is 20.0 Å². The molecule has 4 nitrogen and oxygen atoms in total. The summed E-state index contributed by atoms with van der Waals surface area (Å²) >= 11 is 0. The highest BCUT2D eigenvalue weighted by Crippen LogP contribution is 2.24. The standard InChI is InChI=1S/C13H12F3N3O/c1-8-5-17-13(18-6-8)19-7-9-10(14)3-2-4-11(9)20-12(15)16/h2-6,12H,7H2,1H3,(H,17,18,19). The van der Waals surface area contributed by atoms with Crippen molar-refractivity contribution in [3.05, 3.63) is 47.5 Å². The number of hydrogen-bond donors (Lipinski definition) is 1. The van der Waals surface area contributed by atoms with E-state index in [9.17, 15) is 13.2 Å². The van der Waals surface area contributed by atoms with Crippen molar-refractivity contribution < 1.29 is 17.9 Å². The minimum absolute atomic E-state index is 0.00280. The predicted molar refractivity (Wildman–Crippen MR) is 67.1 cm³/mol. The molecule has 106 valence electrons. The molecule has 0 aliphatic carbocycles. The topological polar surface area (TPSA) is 47.0 Å². The lowest BCUT2D eigenvalue weighted by atomic mass is 10.2. The number of alkyl halides is 2. The van der Waals surface area contributed by atoms with E-state index in [1.165, 1.54) is 18.2 Å². The lowest BCUT2D eigenvalue weighted by Crippen LogP contribution is -2.10. The molecule has 0 atom stereocenters. The number of rotatable bonds is 5. The maximum atomic E-state index is 13.7. The van der Waals surface area contributed by atoms with Crippen LogP contribution >= 0.6 is 0 Å². The fourth-order valence-electron chi connectivity index (χ4n) is 1.57.